The Morgan fingerprint density at radius 3 is 2.56 bits per heavy atom. The summed E-state index contributed by atoms with van der Waals surface area (Å²) in [4.78, 5) is 27.8. The maximum atomic E-state index is 12.2. The molecule has 0 atom stereocenters. The number of piperazine rings is 1. The number of pyridine rings is 1. The molecule has 2 aromatic heterocycles. The largest absolute Gasteiger partial charge is 0.518 e. The van der Waals surface area contributed by atoms with Gasteiger partial charge in [-0.15, -0.1) is 0 Å². The molecule has 27 heavy (non-hydrogen) atoms. The van der Waals surface area contributed by atoms with Gasteiger partial charge in [0, 0.05) is 55.6 Å². The molecule has 1 saturated carbocycles. The Morgan fingerprint density at radius 1 is 1.04 bits per heavy atom. The van der Waals surface area contributed by atoms with E-state index in [2.05, 4.69) is 20.4 Å². The van der Waals surface area contributed by atoms with Crippen LogP contribution in [0, 0.1) is 0 Å². The summed E-state index contributed by atoms with van der Waals surface area (Å²) in [5, 5.41) is 0.793. The van der Waals surface area contributed by atoms with Gasteiger partial charge in [-0.3, -0.25) is 9.69 Å². The van der Waals surface area contributed by atoms with E-state index in [1.54, 1.807) is 6.07 Å². The van der Waals surface area contributed by atoms with E-state index in [-0.39, 0.29) is 5.43 Å². The molecule has 2 fully saturated rings. The molecule has 7 heteroatoms. The summed E-state index contributed by atoms with van der Waals surface area (Å²) in [6, 6.07) is 8.36. The summed E-state index contributed by atoms with van der Waals surface area (Å²) in [5.74, 6) is -0.0888. The van der Waals surface area contributed by atoms with Crippen LogP contribution in [0.1, 0.15) is 24.6 Å². The molecule has 0 N–H and O–H groups in total. The number of nitrogens with zero attached hydrogens (tertiary/aromatic N) is 3. The molecule has 2 aliphatic rings. The minimum absolute atomic E-state index is 0.0832. The summed E-state index contributed by atoms with van der Waals surface area (Å²) >= 11 is 0. The van der Waals surface area contributed by atoms with Crippen molar-refractivity contribution >= 4 is 16.6 Å². The normalized spacial score (nSPS) is 18.3. The maximum Gasteiger partial charge on any atom is 0.518 e. The first-order valence-corrected chi connectivity index (χ1v) is 9.37. The Labute approximate surface area is 155 Å². The van der Waals surface area contributed by atoms with Crippen molar-refractivity contribution in [1.82, 2.24) is 9.47 Å². The lowest BCUT2D eigenvalue weighted by Crippen LogP contribution is -2.45. The third-order valence-corrected chi connectivity index (χ3v) is 5.47. The van der Waals surface area contributed by atoms with Crippen molar-refractivity contribution in [2.45, 2.75) is 25.4 Å². The molecule has 0 radical (unpaired) electrons. The third kappa shape index (κ3) is 3.19. The van der Waals surface area contributed by atoms with Crippen LogP contribution in [0.15, 0.2) is 55.1 Å². The highest BCUT2D eigenvalue weighted by molar-refractivity contribution is 5.83. The fourth-order valence-electron chi connectivity index (χ4n) is 3.85. The van der Waals surface area contributed by atoms with Crippen LogP contribution < -0.4 is 16.2 Å². The van der Waals surface area contributed by atoms with Crippen LogP contribution in [0.3, 0.4) is 0 Å². The van der Waals surface area contributed by atoms with Crippen molar-refractivity contribution < 1.29 is 8.83 Å². The Morgan fingerprint density at radius 2 is 1.85 bits per heavy atom. The van der Waals surface area contributed by atoms with Gasteiger partial charge in [0.15, 0.2) is 11.2 Å². The molecule has 1 aromatic carbocycles. The van der Waals surface area contributed by atoms with E-state index in [0.717, 1.165) is 42.8 Å². The summed E-state index contributed by atoms with van der Waals surface area (Å²) < 4.78 is 11.9. The molecule has 7 nitrogen and oxygen atoms in total. The van der Waals surface area contributed by atoms with Crippen molar-refractivity contribution in [2.24, 2.45) is 0 Å². The second kappa shape index (κ2) is 6.42. The number of hydrogen-bond donors (Lipinski definition) is 0. The predicted molar refractivity (Wildman–Crippen MR) is 101 cm³/mol. The van der Waals surface area contributed by atoms with Crippen LogP contribution in [0.5, 0.6) is 0 Å². The van der Waals surface area contributed by atoms with Gasteiger partial charge >= 0.3 is 5.82 Å². The van der Waals surface area contributed by atoms with Crippen LogP contribution >= 0.6 is 0 Å². The Balaban J connectivity index is 1.35. The molecule has 1 aliphatic heterocycles. The minimum Gasteiger partial charge on any atom is -0.399 e. The number of anilines is 1. The molecule has 3 aromatic rings. The van der Waals surface area contributed by atoms with E-state index >= 15 is 0 Å². The fraction of sp³-hybridized carbons (Fsp3) is 0.400. The Hall–Kier alpha value is -2.80. The molecular weight excluding hydrogens is 346 g/mol. The van der Waals surface area contributed by atoms with Crippen LogP contribution in [0.25, 0.3) is 10.9 Å². The Bertz CT molecular complexity index is 1080. The lowest BCUT2D eigenvalue weighted by Gasteiger charge is -2.35. The highest BCUT2D eigenvalue weighted by Crippen LogP contribution is 2.37. The van der Waals surface area contributed by atoms with Gasteiger partial charge < -0.3 is 18.3 Å². The quantitative estimate of drug-likeness (QED) is 0.704. The van der Waals surface area contributed by atoms with Gasteiger partial charge in [0.05, 0.1) is 12.1 Å². The van der Waals surface area contributed by atoms with E-state index in [0.29, 0.717) is 18.3 Å². The summed E-state index contributed by atoms with van der Waals surface area (Å²) in [6.45, 7) is 4.09. The van der Waals surface area contributed by atoms with E-state index in [1.165, 1.54) is 19.1 Å². The van der Waals surface area contributed by atoms with E-state index in [9.17, 15) is 9.59 Å². The molecule has 5 rings (SSSR count). The first-order chi connectivity index (χ1) is 13.2. The first-order valence-electron chi connectivity index (χ1n) is 9.37. The third-order valence-electron chi connectivity index (χ3n) is 5.47. The van der Waals surface area contributed by atoms with Crippen molar-refractivity contribution in [3.05, 3.63) is 63.3 Å². The predicted octanol–water partition coefficient (Wildman–Crippen LogP) is 2.20. The fourth-order valence-corrected chi connectivity index (χ4v) is 3.85. The number of aromatic nitrogens is 1. The Kier molecular flexibility index (Phi) is 3.89. The molecule has 1 aliphatic carbocycles. The zero-order valence-corrected chi connectivity index (χ0v) is 15.0. The second-order valence-corrected chi connectivity index (χ2v) is 7.34. The van der Waals surface area contributed by atoms with Crippen molar-refractivity contribution in [3.8, 4) is 0 Å². The van der Waals surface area contributed by atoms with Crippen LogP contribution in [-0.2, 0) is 6.54 Å². The lowest BCUT2D eigenvalue weighted by atomic mass is 10.1. The summed E-state index contributed by atoms with van der Waals surface area (Å²) in [6.07, 6.45) is 5.69. The number of benzene rings is 1. The van der Waals surface area contributed by atoms with Gasteiger partial charge in [-0.05, 0) is 31.0 Å². The molecule has 1 saturated heterocycles. The molecule has 0 unspecified atom stereocenters. The topological polar surface area (TPSA) is 71.8 Å². The highest BCUT2D eigenvalue weighted by atomic mass is 16.6. The minimum atomic E-state index is -0.651. The van der Waals surface area contributed by atoms with E-state index < -0.39 is 5.82 Å². The SMILES string of the molecule is O=c1occ(CN2CCN(c3ccc4c(=O)ccn(C5CC5)c4c3)CC2)o1. The zero-order valence-electron chi connectivity index (χ0n) is 15.0. The summed E-state index contributed by atoms with van der Waals surface area (Å²) in [7, 11) is 0. The van der Waals surface area contributed by atoms with Gasteiger partial charge in [-0.2, -0.15) is 0 Å². The van der Waals surface area contributed by atoms with Crippen LogP contribution in [0.4, 0.5) is 5.69 Å². The van der Waals surface area contributed by atoms with E-state index in [1.807, 2.05) is 18.3 Å². The van der Waals surface area contributed by atoms with E-state index in [4.69, 9.17) is 8.83 Å². The van der Waals surface area contributed by atoms with Crippen molar-refractivity contribution in [1.29, 1.82) is 0 Å². The number of hydrogen-bond acceptors (Lipinski definition) is 6. The second-order valence-electron chi connectivity index (χ2n) is 7.34. The average molecular weight is 367 g/mol. The standard InChI is InChI=1S/C20H21N3O4/c24-19-5-6-23(14-1-2-14)18-11-15(3-4-17(18)19)22-9-7-21(8-10-22)12-16-13-26-20(25)27-16/h3-6,11,13-14H,1-2,7-10,12H2. The maximum absolute atomic E-state index is 12.2. The molecular formula is C20H21N3O4. The average Bonchev–Trinajstić information content (AvgIpc) is 3.44. The molecule has 3 heterocycles. The summed E-state index contributed by atoms with van der Waals surface area (Å²) in [5.41, 5.74) is 2.27. The lowest BCUT2D eigenvalue weighted by molar-refractivity contribution is 0.227. The number of fused-ring (bicyclic) bond motifs is 1. The van der Waals surface area contributed by atoms with Gasteiger partial charge in [0.25, 0.3) is 0 Å². The monoisotopic (exact) mass is 367 g/mol. The zero-order chi connectivity index (χ0) is 18.4. The van der Waals surface area contributed by atoms with Gasteiger partial charge in [0.1, 0.15) is 6.26 Å². The van der Waals surface area contributed by atoms with Crippen LogP contribution in [-0.4, -0.2) is 35.6 Å². The smallest absolute Gasteiger partial charge is 0.399 e. The first kappa shape index (κ1) is 16.4. The highest BCUT2D eigenvalue weighted by Gasteiger charge is 2.25. The van der Waals surface area contributed by atoms with Gasteiger partial charge in [-0.25, -0.2) is 4.79 Å². The molecule has 140 valence electrons. The van der Waals surface area contributed by atoms with Gasteiger partial charge in [-0.1, -0.05) is 0 Å². The molecule has 0 bridgehead atoms. The molecule has 0 spiro atoms. The van der Waals surface area contributed by atoms with Crippen LogP contribution in [0.2, 0.25) is 0 Å². The number of rotatable bonds is 4. The van der Waals surface area contributed by atoms with Gasteiger partial charge in [0.2, 0.25) is 0 Å². The molecule has 0 amide bonds. The van der Waals surface area contributed by atoms with Crippen molar-refractivity contribution in [3.63, 3.8) is 0 Å². The van der Waals surface area contributed by atoms with Crippen molar-refractivity contribution in [2.75, 3.05) is 31.1 Å².